The minimum Gasteiger partial charge on any atom is -0.351 e. The standard InChI is InChI=1S/C19H16FN5/c20-19(5-6-19)11-24-18-23-10-15-14(9-22-17(15)25-18)12-3-4-16-13(8-12)2-1-7-21-16/h1-4,7-10H,5-6,11H2,(H2,22,23,24,25). The van der Waals surface area contributed by atoms with E-state index in [0.717, 1.165) is 33.1 Å². The minimum atomic E-state index is -1.07. The molecule has 3 heterocycles. The van der Waals surface area contributed by atoms with Gasteiger partial charge in [0.2, 0.25) is 5.95 Å². The Bertz CT molecular complexity index is 1080. The minimum absolute atomic E-state index is 0.268. The number of fused-ring (bicyclic) bond motifs is 2. The Kier molecular flexibility index (Phi) is 3.00. The number of hydrogen-bond donors (Lipinski definition) is 2. The van der Waals surface area contributed by atoms with Crippen LogP contribution < -0.4 is 5.32 Å². The third-order valence-corrected chi connectivity index (χ3v) is 4.70. The topological polar surface area (TPSA) is 66.5 Å². The molecule has 0 aliphatic heterocycles. The second-order valence-corrected chi connectivity index (χ2v) is 6.57. The molecule has 0 amide bonds. The van der Waals surface area contributed by atoms with Gasteiger partial charge in [0.25, 0.3) is 0 Å². The second-order valence-electron chi connectivity index (χ2n) is 6.57. The third kappa shape index (κ3) is 2.59. The van der Waals surface area contributed by atoms with Crippen LogP contribution in [0.1, 0.15) is 12.8 Å². The highest BCUT2D eigenvalue weighted by atomic mass is 19.1. The van der Waals surface area contributed by atoms with Crippen LogP contribution >= 0.6 is 0 Å². The molecule has 0 radical (unpaired) electrons. The first-order valence-electron chi connectivity index (χ1n) is 8.32. The van der Waals surface area contributed by atoms with Crippen LogP contribution in [0, 0.1) is 0 Å². The van der Waals surface area contributed by atoms with Crippen molar-refractivity contribution in [3.05, 3.63) is 48.9 Å². The number of pyridine rings is 1. The summed E-state index contributed by atoms with van der Waals surface area (Å²) in [4.78, 5) is 16.3. The van der Waals surface area contributed by atoms with Crippen molar-refractivity contribution in [3.63, 3.8) is 0 Å². The fourth-order valence-corrected chi connectivity index (χ4v) is 3.02. The van der Waals surface area contributed by atoms with E-state index >= 15 is 0 Å². The fraction of sp³-hybridized carbons (Fsp3) is 0.211. The Labute approximate surface area is 143 Å². The first-order valence-corrected chi connectivity index (χ1v) is 8.32. The average Bonchev–Trinajstić information content (AvgIpc) is 3.24. The van der Waals surface area contributed by atoms with Gasteiger partial charge in [-0.2, -0.15) is 4.98 Å². The van der Waals surface area contributed by atoms with Gasteiger partial charge in [-0.1, -0.05) is 12.1 Å². The van der Waals surface area contributed by atoms with Gasteiger partial charge >= 0.3 is 0 Å². The van der Waals surface area contributed by atoms with E-state index < -0.39 is 5.67 Å². The van der Waals surface area contributed by atoms with Gasteiger partial charge in [-0.3, -0.25) is 4.98 Å². The molecule has 1 aliphatic carbocycles. The number of H-pyrrole nitrogens is 1. The summed E-state index contributed by atoms with van der Waals surface area (Å²) < 4.78 is 13.7. The van der Waals surface area contributed by atoms with Crippen LogP contribution in [0.3, 0.4) is 0 Å². The first kappa shape index (κ1) is 14.3. The molecule has 0 bridgehead atoms. The van der Waals surface area contributed by atoms with E-state index in [9.17, 15) is 4.39 Å². The fourth-order valence-electron chi connectivity index (χ4n) is 3.02. The van der Waals surface area contributed by atoms with Crippen molar-refractivity contribution in [2.24, 2.45) is 0 Å². The predicted octanol–water partition coefficient (Wildman–Crippen LogP) is 4.09. The largest absolute Gasteiger partial charge is 0.351 e. The summed E-state index contributed by atoms with van der Waals surface area (Å²) in [5, 5.41) is 5.02. The molecule has 4 aromatic rings. The lowest BCUT2D eigenvalue weighted by Gasteiger charge is -2.07. The maximum atomic E-state index is 13.7. The highest BCUT2D eigenvalue weighted by Gasteiger charge is 2.43. The van der Waals surface area contributed by atoms with Gasteiger partial charge < -0.3 is 10.3 Å². The Balaban J connectivity index is 1.50. The summed E-state index contributed by atoms with van der Waals surface area (Å²) in [6.45, 7) is 0.268. The molecular weight excluding hydrogens is 317 g/mol. The lowest BCUT2D eigenvalue weighted by Crippen LogP contribution is -2.17. The molecule has 2 N–H and O–H groups in total. The number of anilines is 1. The molecule has 3 aromatic heterocycles. The Morgan fingerprint density at radius 1 is 1.20 bits per heavy atom. The van der Waals surface area contributed by atoms with Crippen LogP contribution in [0.2, 0.25) is 0 Å². The van der Waals surface area contributed by atoms with Crippen molar-refractivity contribution in [3.8, 4) is 11.1 Å². The van der Waals surface area contributed by atoms with Gasteiger partial charge in [-0.05, 0) is 36.6 Å². The van der Waals surface area contributed by atoms with Gasteiger partial charge in [0.15, 0.2) is 0 Å². The Morgan fingerprint density at radius 2 is 2.12 bits per heavy atom. The summed E-state index contributed by atoms with van der Waals surface area (Å²) in [5.41, 5.74) is 2.75. The van der Waals surface area contributed by atoms with Crippen molar-refractivity contribution in [2.45, 2.75) is 18.5 Å². The van der Waals surface area contributed by atoms with E-state index in [2.05, 4.69) is 31.3 Å². The molecule has 1 fully saturated rings. The third-order valence-electron chi connectivity index (χ3n) is 4.70. The second kappa shape index (κ2) is 5.24. The molecule has 25 heavy (non-hydrogen) atoms. The van der Waals surface area contributed by atoms with Crippen molar-refractivity contribution >= 4 is 27.9 Å². The van der Waals surface area contributed by atoms with Crippen molar-refractivity contribution in [1.29, 1.82) is 0 Å². The quantitative estimate of drug-likeness (QED) is 0.590. The normalized spacial score (nSPS) is 15.6. The number of hydrogen-bond acceptors (Lipinski definition) is 4. The van der Waals surface area contributed by atoms with Crippen molar-refractivity contribution < 1.29 is 4.39 Å². The Hall–Kier alpha value is -3.02. The predicted molar refractivity (Wildman–Crippen MR) is 96.2 cm³/mol. The smallest absolute Gasteiger partial charge is 0.224 e. The Morgan fingerprint density at radius 3 is 3.00 bits per heavy atom. The van der Waals surface area contributed by atoms with Gasteiger partial charge in [0.05, 0.1) is 12.1 Å². The van der Waals surface area contributed by atoms with E-state index in [-0.39, 0.29) is 6.54 Å². The van der Waals surface area contributed by atoms with E-state index in [1.807, 2.05) is 30.5 Å². The van der Waals surface area contributed by atoms with Gasteiger partial charge in [-0.25, -0.2) is 9.37 Å². The van der Waals surface area contributed by atoms with E-state index in [0.29, 0.717) is 18.8 Å². The number of nitrogens with one attached hydrogen (secondary N) is 2. The molecule has 1 aromatic carbocycles. The number of rotatable bonds is 4. The summed E-state index contributed by atoms with van der Waals surface area (Å²) in [6, 6.07) is 10.1. The molecule has 0 unspecified atom stereocenters. The summed E-state index contributed by atoms with van der Waals surface area (Å²) in [5.74, 6) is 0.451. The van der Waals surface area contributed by atoms with Crippen molar-refractivity contribution in [1.82, 2.24) is 19.9 Å². The van der Waals surface area contributed by atoms with Gasteiger partial charge in [0, 0.05) is 34.9 Å². The number of halogens is 1. The first-order chi connectivity index (χ1) is 12.2. The molecular formula is C19H16FN5. The zero-order valence-corrected chi connectivity index (χ0v) is 13.5. The summed E-state index contributed by atoms with van der Waals surface area (Å²) in [6.07, 6.45) is 6.73. The van der Waals surface area contributed by atoms with Crippen LogP contribution in [0.15, 0.2) is 48.9 Å². The summed E-state index contributed by atoms with van der Waals surface area (Å²) in [7, 11) is 0. The van der Waals surface area contributed by atoms with Crippen LogP contribution in [-0.2, 0) is 0 Å². The van der Waals surface area contributed by atoms with Crippen LogP contribution in [0.25, 0.3) is 33.1 Å². The van der Waals surface area contributed by atoms with Crippen LogP contribution in [-0.4, -0.2) is 32.1 Å². The number of alkyl halides is 1. The van der Waals surface area contributed by atoms with E-state index in [1.54, 1.807) is 12.4 Å². The number of aromatic nitrogens is 4. The molecule has 0 saturated heterocycles. The number of nitrogens with zero attached hydrogens (tertiary/aromatic N) is 3. The maximum absolute atomic E-state index is 13.7. The van der Waals surface area contributed by atoms with Crippen LogP contribution in [0.4, 0.5) is 10.3 Å². The molecule has 0 spiro atoms. The molecule has 1 aliphatic rings. The molecule has 1 saturated carbocycles. The molecule has 5 rings (SSSR count). The van der Waals surface area contributed by atoms with Crippen LogP contribution in [0.5, 0.6) is 0 Å². The SMILES string of the molecule is FC1(CNc2ncc3c(-c4ccc5ncccc5c4)c[nH]c3n2)CC1. The molecule has 6 heteroatoms. The monoisotopic (exact) mass is 333 g/mol. The number of aromatic amines is 1. The zero-order valence-electron chi connectivity index (χ0n) is 13.5. The molecule has 124 valence electrons. The van der Waals surface area contributed by atoms with Crippen molar-refractivity contribution in [2.75, 3.05) is 11.9 Å². The highest BCUT2D eigenvalue weighted by molar-refractivity contribution is 5.96. The average molecular weight is 333 g/mol. The van der Waals surface area contributed by atoms with Gasteiger partial charge in [0.1, 0.15) is 11.3 Å². The zero-order chi connectivity index (χ0) is 16.9. The lowest BCUT2D eigenvalue weighted by molar-refractivity contribution is 0.326. The molecule has 5 nitrogen and oxygen atoms in total. The lowest BCUT2D eigenvalue weighted by atomic mass is 10.0. The highest BCUT2D eigenvalue weighted by Crippen LogP contribution is 2.39. The summed E-state index contributed by atoms with van der Waals surface area (Å²) >= 11 is 0. The van der Waals surface area contributed by atoms with E-state index in [1.165, 1.54) is 0 Å². The van der Waals surface area contributed by atoms with E-state index in [4.69, 9.17) is 0 Å². The number of benzene rings is 1. The molecule has 0 atom stereocenters. The maximum Gasteiger partial charge on any atom is 0.224 e. The van der Waals surface area contributed by atoms with Gasteiger partial charge in [-0.15, -0.1) is 0 Å².